The second kappa shape index (κ2) is 6.87. The highest BCUT2D eigenvalue weighted by molar-refractivity contribution is 8.00. The van der Waals surface area contributed by atoms with E-state index in [0.717, 1.165) is 12.1 Å². The van der Waals surface area contributed by atoms with Gasteiger partial charge in [-0.25, -0.2) is 0 Å². The number of rotatable bonds is 5. The number of hydrogen-bond donors (Lipinski definition) is 2. The van der Waals surface area contributed by atoms with Crippen molar-refractivity contribution in [2.45, 2.75) is 43.4 Å². The van der Waals surface area contributed by atoms with E-state index in [2.05, 4.69) is 11.6 Å². The molecule has 0 unspecified atom stereocenters. The van der Waals surface area contributed by atoms with E-state index < -0.39 is 0 Å². The molecule has 1 fully saturated rings. The number of hydrogen-bond acceptors (Lipinski definition) is 3. The van der Waals surface area contributed by atoms with Gasteiger partial charge in [-0.3, -0.25) is 0 Å². The summed E-state index contributed by atoms with van der Waals surface area (Å²) in [6, 6.07) is 5.28. The van der Waals surface area contributed by atoms with E-state index in [0.29, 0.717) is 16.3 Å². The molecule has 1 aromatic carbocycles. The third-order valence-corrected chi connectivity index (χ3v) is 5.81. The molecular weight excluding hydrogens is 278 g/mol. The van der Waals surface area contributed by atoms with Gasteiger partial charge in [-0.05, 0) is 31.2 Å². The van der Waals surface area contributed by atoms with E-state index in [-0.39, 0.29) is 5.75 Å². The van der Waals surface area contributed by atoms with Crippen LogP contribution in [-0.2, 0) is 6.54 Å². The fraction of sp³-hybridized carbons (Fsp3) is 0.600. The fourth-order valence-electron chi connectivity index (χ4n) is 2.79. The van der Waals surface area contributed by atoms with Crippen LogP contribution in [0.15, 0.2) is 18.2 Å². The summed E-state index contributed by atoms with van der Waals surface area (Å²) in [5.74, 6) is 0.279. The Labute approximate surface area is 124 Å². The van der Waals surface area contributed by atoms with E-state index in [1.165, 1.54) is 32.1 Å². The molecule has 0 aromatic heterocycles. The van der Waals surface area contributed by atoms with E-state index in [9.17, 15) is 5.11 Å². The van der Waals surface area contributed by atoms with Crippen molar-refractivity contribution in [2.75, 3.05) is 12.8 Å². The lowest BCUT2D eigenvalue weighted by Gasteiger charge is -2.36. The highest BCUT2D eigenvalue weighted by Crippen LogP contribution is 2.38. The van der Waals surface area contributed by atoms with E-state index in [1.807, 2.05) is 17.8 Å². The number of thioether (sulfide) groups is 1. The second-order valence-corrected chi connectivity index (χ2v) is 6.97. The Morgan fingerprint density at radius 2 is 2.05 bits per heavy atom. The van der Waals surface area contributed by atoms with Crippen LogP contribution in [0.1, 0.15) is 37.7 Å². The molecule has 0 aliphatic heterocycles. The smallest absolute Gasteiger partial charge is 0.121 e. The van der Waals surface area contributed by atoms with Crippen LogP contribution in [0.25, 0.3) is 0 Å². The number of aromatic hydroxyl groups is 1. The molecule has 1 aliphatic rings. The van der Waals surface area contributed by atoms with Crippen molar-refractivity contribution in [1.82, 2.24) is 5.32 Å². The first kappa shape index (κ1) is 15.0. The molecule has 0 amide bonds. The molecule has 19 heavy (non-hydrogen) atoms. The molecule has 0 radical (unpaired) electrons. The van der Waals surface area contributed by atoms with Crippen LogP contribution in [0.4, 0.5) is 0 Å². The summed E-state index contributed by atoms with van der Waals surface area (Å²) < 4.78 is 0.370. The van der Waals surface area contributed by atoms with Crippen LogP contribution in [0.2, 0.25) is 5.02 Å². The minimum Gasteiger partial charge on any atom is -0.508 e. The Morgan fingerprint density at radius 3 is 2.68 bits per heavy atom. The van der Waals surface area contributed by atoms with Gasteiger partial charge in [-0.1, -0.05) is 36.9 Å². The van der Waals surface area contributed by atoms with Gasteiger partial charge in [-0.15, -0.1) is 0 Å². The van der Waals surface area contributed by atoms with E-state index in [1.54, 1.807) is 12.1 Å². The molecular formula is C15H22ClNOS. The zero-order valence-corrected chi connectivity index (χ0v) is 13.0. The van der Waals surface area contributed by atoms with Crippen LogP contribution in [0.5, 0.6) is 5.75 Å². The average molecular weight is 300 g/mol. The highest BCUT2D eigenvalue weighted by Gasteiger charge is 2.30. The number of halogens is 1. The molecule has 0 spiro atoms. The summed E-state index contributed by atoms with van der Waals surface area (Å²) in [5, 5.41) is 13.9. The predicted molar refractivity (Wildman–Crippen MR) is 84.2 cm³/mol. The third kappa shape index (κ3) is 3.80. The van der Waals surface area contributed by atoms with Crippen molar-refractivity contribution >= 4 is 23.4 Å². The maximum Gasteiger partial charge on any atom is 0.121 e. The first-order valence-electron chi connectivity index (χ1n) is 6.89. The molecule has 0 saturated heterocycles. The Balaban J connectivity index is 1.92. The molecule has 1 aromatic rings. The zero-order chi connectivity index (χ0) is 13.7. The maximum absolute atomic E-state index is 9.82. The summed E-state index contributed by atoms with van der Waals surface area (Å²) in [7, 11) is 0. The lowest BCUT2D eigenvalue weighted by molar-refractivity contribution is 0.377. The van der Waals surface area contributed by atoms with E-state index in [4.69, 9.17) is 11.6 Å². The highest BCUT2D eigenvalue weighted by atomic mass is 35.5. The number of phenols is 1. The Bertz CT molecular complexity index is 398. The van der Waals surface area contributed by atoms with Crippen molar-refractivity contribution in [2.24, 2.45) is 0 Å². The van der Waals surface area contributed by atoms with Gasteiger partial charge in [0.25, 0.3) is 0 Å². The van der Waals surface area contributed by atoms with Crippen LogP contribution >= 0.6 is 23.4 Å². The van der Waals surface area contributed by atoms with Gasteiger partial charge in [0.1, 0.15) is 5.75 Å². The van der Waals surface area contributed by atoms with Gasteiger partial charge in [0, 0.05) is 28.4 Å². The first-order chi connectivity index (χ1) is 9.17. The summed E-state index contributed by atoms with van der Waals surface area (Å²) in [6.07, 6.45) is 8.82. The first-order valence-corrected chi connectivity index (χ1v) is 8.49. The van der Waals surface area contributed by atoms with Gasteiger partial charge in [0.15, 0.2) is 0 Å². The lowest BCUT2D eigenvalue weighted by atomic mass is 9.88. The quantitative estimate of drug-likeness (QED) is 0.854. The molecule has 2 nitrogen and oxygen atoms in total. The van der Waals surface area contributed by atoms with E-state index >= 15 is 0 Å². The number of benzene rings is 1. The van der Waals surface area contributed by atoms with Crippen LogP contribution in [0, 0.1) is 0 Å². The standard InChI is InChI=1S/C15H22ClNOS/c1-19-15(8-3-2-4-9-15)11-17-10-12-13(16)6-5-7-14(12)18/h5-7,17-18H,2-4,8-11H2,1H3. The van der Waals surface area contributed by atoms with Gasteiger partial charge in [-0.2, -0.15) is 11.8 Å². The summed E-state index contributed by atoms with van der Waals surface area (Å²) in [6.45, 7) is 1.62. The molecule has 2 rings (SSSR count). The molecule has 106 valence electrons. The van der Waals surface area contributed by atoms with Gasteiger partial charge in [0.05, 0.1) is 0 Å². The van der Waals surface area contributed by atoms with Crippen molar-refractivity contribution in [3.05, 3.63) is 28.8 Å². The molecule has 0 heterocycles. The summed E-state index contributed by atoms with van der Waals surface area (Å²) in [5.41, 5.74) is 0.802. The van der Waals surface area contributed by atoms with Crippen LogP contribution in [0.3, 0.4) is 0 Å². The van der Waals surface area contributed by atoms with Gasteiger partial charge >= 0.3 is 0 Å². The number of nitrogens with one attached hydrogen (secondary N) is 1. The summed E-state index contributed by atoms with van der Waals surface area (Å²) >= 11 is 8.09. The monoisotopic (exact) mass is 299 g/mol. The average Bonchev–Trinajstić information content (AvgIpc) is 2.43. The summed E-state index contributed by atoms with van der Waals surface area (Å²) in [4.78, 5) is 0. The molecule has 0 bridgehead atoms. The normalized spacial score (nSPS) is 18.4. The largest absolute Gasteiger partial charge is 0.508 e. The van der Waals surface area contributed by atoms with Crippen molar-refractivity contribution in [3.8, 4) is 5.75 Å². The number of phenolic OH excluding ortho intramolecular Hbond substituents is 1. The lowest BCUT2D eigenvalue weighted by Crippen LogP contribution is -2.39. The molecule has 2 N–H and O–H groups in total. The van der Waals surface area contributed by atoms with Crippen molar-refractivity contribution < 1.29 is 5.11 Å². The van der Waals surface area contributed by atoms with Gasteiger partial charge < -0.3 is 10.4 Å². The predicted octanol–water partition coefficient (Wildman–Crippen LogP) is 4.20. The SMILES string of the molecule is CSC1(CNCc2c(O)cccc2Cl)CCCCC1. The molecule has 1 aliphatic carbocycles. The van der Waals surface area contributed by atoms with Crippen LogP contribution in [-0.4, -0.2) is 22.7 Å². The molecule has 4 heteroatoms. The zero-order valence-electron chi connectivity index (χ0n) is 11.4. The fourth-order valence-corrected chi connectivity index (χ4v) is 3.97. The van der Waals surface area contributed by atoms with Crippen molar-refractivity contribution in [3.63, 3.8) is 0 Å². The Kier molecular flexibility index (Phi) is 5.43. The maximum atomic E-state index is 9.82. The Morgan fingerprint density at radius 1 is 1.32 bits per heavy atom. The third-order valence-electron chi connectivity index (χ3n) is 4.04. The van der Waals surface area contributed by atoms with Crippen LogP contribution < -0.4 is 5.32 Å². The minimum absolute atomic E-state index is 0.279. The van der Waals surface area contributed by atoms with Gasteiger partial charge in [0.2, 0.25) is 0 Å². The topological polar surface area (TPSA) is 32.3 Å². The minimum atomic E-state index is 0.279. The molecule has 0 atom stereocenters. The second-order valence-electron chi connectivity index (χ2n) is 5.29. The molecule has 1 saturated carbocycles. The Hall–Kier alpha value is -0.380. The van der Waals surface area contributed by atoms with Crippen molar-refractivity contribution in [1.29, 1.82) is 0 Å².